The SMILES string of the molecule is Cc1noc(C)c1C(=O)N1CCN(c2ncnc3[nH]ccc23)CC2(CC2)C1. The number of H-pyrrole nitrogens is 1. The van der Waals surface area contributed by atoms with Gasteiger partial charge in [0.25, 0.3) is 5.91 Å². The molecule has 3 aromatic heterocycles. The van der Waals surface area contributed by atoms with E-state index in [0.29, 0.717) is 23.6 Å². The van der Waals surface area contributed by atoms with Crippen molar-refractivity contribution in [2.45, 2.75) is 26.7 Å². The van der Waals surface area contributed by atoms with E-state index >= 15 is 0 Å². The standard InChI is InChI=1S/C19H22N6O2/c1-12-15(13(2)27-23-12)18(26)25-8-7-24(9-19(10-25)4-5-19)17-14-3-6-20-16(14)21-11-22-17/h3,6,11H,4-5,7-10H2,1-2H3,(H,20,21,22). The maximum atomic E-state index is 13.2. The van der Waals surface area contributed by atoms with Crippen LogP contribution in [0.4, 0.5) is 5.82 Å². The first-order chi connectivity index (χ1) is 13.1. The largest absolute Gasteiger partial charge is 0.361 e. The molecule has 27 heavy (non-hydrogen) atoms. The summed E-state index contributed by atoms with van der Waals surface area (Å²) in [6.45, 7) is 6.70. The van der Waals surface area contributed by atoms with Crippen molar-refractivity contribution in [3.8, 4) is 0 Å². The molecule has 0 bridgehead atoms. The molecular weight excluding hydrogens is 344 g/mol. The van der Waals surface area contributed by atoms with Crippen LogP contribution in [0.5, 0.6) is 0 Å². The van der Waals surface area contributed by atoms with Crippen molar-refractivity contribution >= 4 is 22.8 Å². The Bertz CT molecular complexity index is 999. The summed E-state index contributed by atoms with van der Waals surface area (Å²) in [4.78, 5) is 29.4. The van der Waals surface area contributed by atoms with Gasteiger partial charge in [-0.1, -0.05) is 5.16 Å². The molecule has 140 valence electrons. The van der Waals surface area contributed by atoms with Crippen molar-refractivity contribution in [2.75, 3.05) is 31.1 Å². The summed E-state index contributed by atoms with van der Waals surface area (Å²) in [5.74, 6) is 1.56. The third-order valence-corrected chi connectivity index (χ3v) is 5.82. The van der Waals surface area contributed by atoms with Crippen molar-refractivity contribution in [3.05, 3.63) is 35.6 Å². The van der Waals surface area contributed by atoms with Gasteiger partial charge in [-0.05, 0) is 32.8 Å². The predicted molar refractivity (Wildman–Crippen MR) is 99.6 cm³/mol. The van der Waals surface area contributed by atoms with Crippen LogP contribution in [0.25, 0.3) is 11.0 Å². The minimum absolute atomic E-state index is 0.0221. The highest BCUT2D eigenvalue weighted by molar-refractivity contribution is 5.96. The Hall–Kier alpha value is -2.90. The highest BCUT2D eigenvalue weighted by atomic mass is 16.5. The van der Waals surface area contributed by atoms with Crippen LogP contribution in [-0.4, -0.2) is 57.1 Å². The average molecular weight is 366 g/mol. The van der Waals surface area contributed by atoms with Crippen LogP contribution >= 0.6 is 0 Å². The number of hydrogen-bond acceptors (Lipinski definition) is 6. The van der Waals surface area contributed by atoms with E-state index in [4.69, 9.17) is 4.52 Å². The summed E-state index contributed by atoms with van der Waals surface area (Å²) in [5.41, 5.74) is 2.26. The lowest BCUT2D eigenvalue weighted by Gasteiger charge is -2.25. The van der Waals surface area contributed by atoms with Gasteiger partial charge in [0.05, 0.1) is 11.1 Å². The summed E-state index contributed by atoms with van der Waals surface area (Å²) < 4.78 is 5.21. The van der Waals surface area contributed by atoms with Crippen LogP contribution in [-0.2, 0) is 0 Å². The lowest BCUT2D eigenvalue weighted by atomic mass is 10.1. The van der Waals surface area contributed by atoms with E-state index in [1.54, 1.807) is 13.3 Å². The number of nitrogens with zero attached hydrogens (tertiary/aromatic N) is 5. The second kappa shape index (κ2) is 5.80. The summed E-state index contributed by atoms with van der Waals surface area (Å²) in [6.07, 6.45) is 5.76. The summed E-state index contributed by atoms with van der Waals surface area (Å²) in [7, 11) is 0. The minimum Gasteiger partial charge on any atom is -0.361 e. The zero-order chi connectivity index (χ0) is 18.6. The van der Waals surface area contributed by atoms with E-state index in [-0.39, 0.29) is 11.3 Å². The molecule has 0 aromatic carbocycles. The smallest absolute Gasteiger partial charge is 0.259 e. The predicted octanol–water partition coefficient (Wildman–Crippen LogP) is 2.31. The van der Waals surface area contributed by atoms with Gasteiger partial charge >= 0.3 is 0 Å². The van der Waals surface area contributed by atoms with Crippen LogP contribution in [0.3, 0.4) is 0 Å². The number of aromatic amines is 1. The number of nitrogens with one attached hydrogen (secondary N) is 1. The summed E-state index contributed by atoms with van der Waals surface area (Å²) in [6, 6.07) is 2.02. The van der Waals surface area contributed by atoms with Gasteiger partial charge in [0, 0.05) is 37.8 Å². The van der Waals surface area contributed by atoms with E-state index < -0.39 is 0 Å². The second-order valence-electron chi connectivity index (χ2n) is 7.78. The monoisotopic (exact) mass is 366 g/mol. The Labute approximate surface area is 156 Å². The first kappa shape index (κ1) is 16.3. The summed E-state index contributed by atoms with van der Waals surface area (Å²) >= 11 is 0. The van der Waals surface area contributed by atoms with E-state index in [2.05, 4.69) is 25.0 Å². The Morgan fingerprint density at radius 2 is 2.07 bits per heavy atom. The number of hydrogen-bond donors (Lipinski definition) is 1. The van der Waals surface area contributed by atoms with Crippen LogP contribution in [0.15, 0.2) is 23.1 Å². The van der Waals surface area contributed by atoms with E-state index in [0.717, 1.165) is 49.3 Å². The Morgan fingerprint density at radius 1 is 1.22 bits per heavy atom. The maximum absolute atomic E-state index is 13.2. The molecule has 8 nitrogen and oxygen atoms in total. The molecule has 5 rings (SSSR count). The van der Waals surface area contributed by atoms with E-state index in [1.807, 2.05) is 24.1 Å². The number of carbonyl (C=O) groups excluding carboxylic acids is 1. The van der Waals surface area contributed by atoms with Crippen LogP contribution in [0.1, 0.15) is 34.7 Å². The zero-order valence-corrected chi connectivity index (χ0v) is 15.5. The highest BCUT2D eigenvalue weighted by Gasteiger charge is 2.48. The molecule has 1 saturated carbocycles. The third kappa shape index (κ3) is 2.67. The molecule has 0 unspecified atom stereocenters. The number of amides is 1. The van der Waals surface area contributed by atoms with Gasteiger partial charge in [-0.15, -0.1) is 0 Å². The Kier molecular flexibility index (Phi) is 3.50. The second-order valence-corrected chi connectivity index (χ2v) is 7.78. The van der Waals surface area contributed by atoms with Crippen LogP contribution in [0, 0.1) is 19.3 Å². The van der Waals surface area contributed by atoms with Crippen molar-refractivity contribution in [3.63, 3.8) is 0 Å². The van der Waals surface area contributed by atoms with Gasteiger partial charge < -0.3 is 19.3 Å². The van der Waals surface area contributed by atoms with Gasteiger partial charge in [-0.25, -0.2) is 9.97 Å². The molecule has 1 aliphatic heterocycles. The molecule has 2 aliphatic rings. The quantitative estimate of drug-likeness (QED) is 0.748. The molecule has 8 heteroatoms. The number of fused-ring (bicyclic) bond motifs is 1. The van der Waals surface area contributed by atoms with E-state index in [1.165, 1.54) is 0 Å². The van der Waals surface area contributed by atoms with Gasteiger partial charge in [0.1, 0.15) is 29.1 Å². The molecule has 1 aliphatic carbocycles. The first-order valence-corrected chi connectivity index (χ1v) is 9.32. The Morgan fingerprint density at radius 3 is 2.81 bits per heavy atom. The maximum Gasteiger partial charge on any atom is 0.259 e. The average Bonchev–Trinajstić information content (AvgIpc) is 3.16. The van der Waals surface area contributed by atoms with E-state index in [9.17, 15) is 4.79 Å². The fraction of sp³-hybridized carbons (Fsp3) is 0.474. The first-order valence-electron chi connectivity index (χ1n) is 9.32. The van der Waals surface area contributed by atoms with Gasteiger partial charge in [0.15, 0.2) is 0 Å². The normalized spacial score (nSPS) is 18.9. The number of rotatable bonds is 2. The fourth-order valence-corrected chi connectivity index (χ4v) is 4.16. The van der Waals surface area contributed by atoms with Gasteiger partial charge in [-0.2, -0.15) is 0 Å². The van der Waals surface area contributed by atoms with Crippen molar-refractivity contribution < 1.29 is 9.32 Å². The number of aryl methyl sites for hydroxylation is 2. The summed E-state index contributed by atoms with van der Waals surface area (Å²) in [5, 5.41) is 4.97. The molecule has 2 fully saturated rings. The molecule has 3 aromatic rings. The molecule has 0 radical (unpaired) electrons. The third-order valence-electron chi connectivity index (χ3n) is 5.82. The van der Waals surface area contributed by atoms with Crippen molar-refractivity contribution in [1.29, 1.82) is 0 Å². The fourth-order valence-electron chi connectivity index (χ4n) is 4.16. The molecule has 1 spiro atoms. The number of carbonyl (C=O) groups is 1. The lowest BCUT2D eigenvalue weighted by molar-refractivity contribution is 0.0738. The molecule has 1 N–H and O–H groups in total. The number of anilines is 1. The molecule has 1 saturated heterocycles. The molecule has 4 heterocycles. The molecule has 1 amide bonds. The van der Waals surface area contributed by atoms with Gasteiger partial charge in [0.2, 0.25) is 0 Å². The molecule has 0 atom stereocenters. The lowest BCUT2D eigenvalue weighted by Crippen LogP contribution is -2.37. The van der Waals surface area contributed by atoms with Gasteiger partial charge in [-0.3, -0.25) is 4.79 Å². The number of aromatic nitrogens is 4. The van der Waals surface area contributed by atoms with Crippen molar-refractivity contribution in [2.24, 2.45) is 5.41 Å². The Balaban J connectivity index is 1.45. The van der Waals surface area contributed by atoms with Crippen LogP contribution in [0.2, 0.25) is 0 Å². The highest BCUT2D eigenvalue weighted by Crippen LogP contribution is 2.48. The van der Waals surface area contributed by atoms with Crippen LogP contribution < -0.4 is 4.90 Å². The zero-order valence-electron chi connectivity index (χ0n) is 15.5. The topological polar surface area (TPSA) is 91.2 Å². The minimum atomic E-state index is 0.0221. The molecular formula is C19H22N6O2. The van der Waals surface area contributed by atoms with Crippen molar-refractivity contribution in [1.82, 2.24) is 25.0 Å².